The molecule has 6 heteroatoms. The monoisotopic (exact) mass is 255 g/mol. The molecule has 0 aliphatic carbocycles. The minimum absolute atomic E-state index is 0.0739. The number of nitrogens with zero attached hydrogens (tertiary/aromatic N) is 2. The number of pyridine rings is 1. The molecule has 0 aliphatic heterocycles. The lowest BCUT2D eigenvalue weighted by atomic mass is 9.95. The quantitative estimate of drug-likeness (QED) is 0.499. The van der Waals surface area contributed by atoms with E-state index in [4.69, 9.17) is 11.6 Å². The van der Waals surface area contributed by atoms with E-state index >= 15 is 0 Å². The van der Waals surface area contributed by atoms with Gasteiger partial charge in [0.1, 0.15) is 5.15 Å². The molecule has 1 rings (SSSR count). The summed E-state index contributed by atoms with van der Waals surface area (Å²) in [5.41, 5.74) is 1.46. The minimum Gasteiger partial charge on any atom is -0.386 e. The van der Waals surface area contributed by atoms with Crippen molar-refractivity contribution in [3.63, 3.8) is 0 Å². The van der Waals surface area contributed by atoms with Crippen molar-refractivity contribution >= 4 is 11.6 Å². The lowest BCUT2D eigenvalue weighted by Gasteiger charge is -2.16. The largest absolute Gasteiger partial charge is 0.386 e. The third-order valence-electron chi connectivity index (χ3n) is 2.47. The van der Waals surface area contributed by atoms with E-state index in [0.717, 1.165) is 18.2 Å². The molecule has 0 amide bonds. The molecule has 5 nitrogen and oxygen atoms in total. The highest BCUT2D eigenvalue weighted by molar-refractivity contribution is 6.29. The van der Waals surface area contributed by atoms with Crippen molar-refractivity contribution in [3.05, 3.63) is 51.1 Å². The average molecular weight is 256 g/mol. The average Bonchev–Trinajstić information content (AvgIpc) is 2.30. The number of rotatable bonds is 5. The van der Waals surface area contributed by atoms with Crippen LogP contribution in [0, 0.1) is 10.1 Å². The number of hydrogen-bond donors (Lipinski definition) is 1. The molecule has 0 radical (unpaired) electrons. The molecule has 1 aromatic rings. The van der Waals surface area contributed by atoms with Crippen molar-refractivity contribution < 1.29 is 4.92 Å². The first-order valence-electron chi connectivity index (χ1n) is 5.22. The fourth-order valence-corrected chi connectivity index (χ4v) is 1.78. The number of nitrogens with one attached hydrogen (secondary N) is 1. The molecule has 1 N–H and O–H groups in total. The second-order valence-electron chi connectivity index (χ2n) is 3.49. The molecule has 0 aliphatic rings. The molecule has 1 atom stereocenters. The first kappa shape index (κ1) is 13.4. The van der Waals surface area contributed by atoms with Gasteiger partial charge in [-0.1, -0.05) is 24.6 Å². The molecule has 0 aromatic carbocycles. The van der Waals surface area contributed by atoms with E-state index in [2.05, 4.69) is 10.3 Å². The number of halogens is 1. The van der Waals surface area contributed by atoms with Gasteiger partial charge in [0.2, 0.25) is 0 Å². The van der Waals surface area contributed by atoms with Crippen molar-refractivity contribution in [1.82, 2.24) is 10.3 Å². The van der Waals surface area contributed by atoms with Crippen molar-refractivity contribution in [1.29, 1.82) is 0 Å². The van der Waals surface area contributed by atoms with Crippen molar-refractivity contribution in [3.8, 4) is 0 Å². The van der Waals surface area contributed by atoms with Gasteiger partial charge in [0.25, 0.3) is 6.20 Å². The lowest BCUT2D eigenvalue weighted by molar-refractivity contribution is -0.404. The first-order chi connectivity index (χ1) is 8.08. The van der Waals surface area contributed by atoms with Crippen molar-refractivity contribution in [2.24, 2.45) is 0 Å². The summed E-state index contributed by atoms with van der Waals surface area (Å²) in [4.78, 5) is 14.1. The van der Waals surface area contributed by atoms with Crippen molar-refractivity contribution in [2.45, 2.75) is 19.3 Å². The van der Waals surface area contributed by atoms with E-state index in [-0.39, 0.29) is 5.92 Å². The first-order valence-corrected chi connectivity index (χ1v) is 5.60. The highest BCUT2D eigenvalue weighted by Gasteiger charge is 2.17. The molecule has 1 heterocycles. The Hall–Kier alpha value is -1.62. The molecular weight excluding hydrogens is 242 g/mol. The van der Waals surface area contributed by atoms with E-state index in [1.165, 1.54) is 0 Å². The van der Waals surface area contributed by atoms with Crippen LogP contribution in [0.25, 0.3) is 0 Å². The standard InChI is InChI=1S/C11H14ClN3O2/c1-3-9(10(13-2)7-15(16)17)8-4-5-11(12)14-6-8/h4-7,9,13H,3H2,1-2H3/b10-7-. The molecule has 0 fully saturated rings. The van der Waals surface area contributed by atoms with Crippen LogP contribution in [0.2, 0.25) is 5.15 Å². The molecule has 0 spiro atoms. The summed E-state index contributed by atoms with van der Waals surface area (Å²) in [6.07, 6.45) is 3.37. The Morgan fingerprint density at radius 2 is 2.41 bits per heavy atom. The maximum absolute atomic E-state index is 10.5. The number of nitro groups is 1. The molecule has 92 valence electrons. The van der Waals surface area contributed by atoms with Gasteiger partial charge < -0.3 is 5.32 Å². The van der Waals surface area contributed by atoms with Crippen molar-refractivity contribution in [2.75, 3.05) is 7.05 Å². The van der Waals surface area contributed by atoms with Gasteiger partial charge >= 0.3 is 0 Å². The zero-order valence-electron chi connectivity index (χ0n) is 9.68. The number of likely N-dealkylation sites (N-methyl/N-ethyl adjacent to an activating group) is 1. The van der Waals surface area contributed by atoms with E-state index < -0.39 is 4.92 Å². The second kappa shape index (κ2) is 6.20. The van der Waals surface area contributed by atoms with Gasteiger partial charge in [0.05, 0.1) is 10.6 Å². The molecular formula is C11H14ClN3O2. The summed E-state index contributed by atoms with van der Waals surface area (Å²) in [7, 11) is 1.67. The highest BCUT2D eigenvalue weighted by atomic mass is 35.5. The zero-order chi connectivity index (χ0) is 12.8. The maximum Gasteiger partial charge on any atom is 0.253 e. The summed E-state index contributed by atoms with van der Waals surface area (Å²) in [5, 5.41) is 13.8. The van der Waals surface area contributed by atoms with Crippen LogP contribution in [0.4, 0.5) is 0 Å². The normalized spacial score (nSPS) is 13.2. The summed E-state index contributed by atoms with van der Waals surface area (Å²) in [5.74, 6) is -0.0739. The third-order valence-corrected chi connectivity index (χ3v) is 2.69. The van der Waals surface area contributed by atoms with Gasteiger partial charge in [-0.25, -0.2) is 4.98 Å². The van der Waals surface area contributed by atoms with Crippen LogP contribution in [0.5, 0.6) is 0 Å². The fourth-order valence-electron chi connectivity index (χ4n) is 1.67. The SMILES string of the molecule is CCC(/C(=C/[N+](=O)[O-])NC)c1ccc(Cl)nc1. The van der Waals surface area contributed by atoms with E-state index in [1.807, 2.05) is 13.0 Å². The Balaban J connectivity index is 3.05. The summed E-state index contributed by atoms with van der Waals surface area (Å²) < 4.78 is 0. The number of aromatic nitrogens is 1. The van der Waals surface area contributed by atoms with Crippen LogP contribution < -0.4 is 5.32 Å². The molecule has 1 aromatic heterocycles. The van der Waals surface area contributed by atoms with Crippen LogP contribution in [0.1, 0.15) is 24.8 Å². The summed E-state index contributed by atoms with van der Waals surface area (Å²) in [6, 6.07) is 3.51. The van der Waals surface area contributed by atoms with Gasteiger partial charge in [-0.3, -0.25) is 10.1 Å². The molecule has 0 saturated heterocycles. The predicted octanol–water partition coefficient (Wildman–Crippen LogP) is 2.57. The third kappa shape index (κ3) is 3.71. The van der Waals surface area contributed by atoms with E-state index in [9.17, 15) is 10.1 Å². The second-order valence-corrected chi connectivity index (χ2v) is 3.88. The van der Waals surface area contributed by atoms with E-state index in [0.29, 0.717) is 10.9 Å². The Labute approximate surface area is 105 Å². The minimum atomic E-state index is -0.460. The summed E-state index contributed by atoms with van der Waals surface area (Å²) in [6.45, 7) is 1.96. The topological polar surface area (TPSA) is 68.1 Å². The van der Waals surface area contributed by atoms with Gasteiger partial charge in [0, 0.05) is 19.2 Å². The smallest absolute Gasteiger partial charge is 0.253 e. The van der Waals surface area contributed by atoms with Gasteiger partial charge in [0.15, 0.2) is 0 Å². The Kier molecular flexibility index (Phi) is 4.90. The number of hydrogen-bond acceptors (Lipinski definition) is 4. The Morgan fingerprint density at radius 3 is 2.82 bits per heavy atom. The molecule has 0 saturated carbocycles. The van der Waals surface area contributed by atoms with Gasteiger partial charge in [-0.15, -0.1) is 0 Å². The van der Waals surface area contributed by atoms with Crippen LogP contribution in [-0.2, 0) is 0 Å². The van der Waals surface area contributed by atoms with Crippen LogP contribution >= 0.6 is 11.6 Å². The maximum atomic E-state index is 10.5. The van der Waals surface area contributed by atoms with Gasteiger partial charge in [-0.05, 0) is 18.1 Å². The highest BCUT2D eigenvalue weighted by Crippen LogP contribution is 2.25. The van der Waals surface area contributed by atoms with Crippen LogP contribution in [0.15, 0.2) is 30.2 Å². The molecule has 1 unspecified atom stereocenters. The van der Waals surface area contributed by atoms with E-state index in [1.54, 1.807) is 19.3 Å². The molecule has 17 heavy (non-hydrogen) atoms. The van der Waals surface area contributed by atoms with Gasteiger partial charge in [-0.2, -0.15) is 0 Å². The Morgan fingerprint density at radius 1 is 1.71 bits per heavy atom. The number of allylic oxidation sites excluding steroid dienone is 1. The Bertz CT molecular complexity index is 417. The fraction of sp³-hybridized carbons (Fsp3) is 0.364. The lowest BCUT2D eigenvalue weighted by Crippen LogP contribution is -2.16. The van der Waals surface area contributed by atoms with Crippen LogP contribution in [0.3, 0.4) is 0 Å². The zero-order valence-corrected chi connectivity index (χ0v) is 10.4. The predicted molar refractivity (Wildman–Crippen MR) is 66.4 cm³/mol. The van der Waals surface area contributed by atoms with Crippen LogP contribution in [-0.4, -0.2) is 17.0 Å². The summed E-state index contributed by atoms with van der Waals surface area (Å²) >= 11 is 5.71. The molecule has 0 bridgehead atoms.